The van der Waals surface area contributed by atoms with Gasteiger partial charge in [0.05, 0.1) is 15.3 Å². The second kappa shape index (κ2) is 7.53. The van der Waals surface area contributed by atoms with E-state index in [9.17, 15) is 18.7 Å². The third-order valence-corrected chi connectivity index (χ3v) is 3.97. The zero-order valence-corrected chi connectivity index (χ0v) is 12.7. The van der Waals surface area contributed by atoms with Crippen LogP contribution in [-0.4, -0.2) is 24.2 Å². The van der Waals surface area contributed by atoms with E-state index in [-0.39, 0.29) is 18.2 Å². The molecule has 2 N–H and O–H groups in total. The Hall–Kier alpha value is -1.70. The number of rotatable bonds is 6. The number of nitrogens with one attached hydrogen (secondary N) is 1. The number of hydrogen-bond acceptors (Lipinski definition) is 4. The largest absolute Gasteiger partial charge is 0.435 e. The van der Waals surface area contributed by atoms with Gasteiger partial charge in [-0.25, -0.2) is 0 Å². The quantitative estimate of drug-likeness (QED) is 0.841. The Balaban J connectivity index is 1.89. The Kier molecular flexibility index (Phi) is 5.70. The SMILES string of the molecule is O=C(NC[C@H](O)c1ccc(OC(F)F)cc1)c1ccc(Cl)s1. The summed E-state index contributed by atoms with van der Waals surface area (Å²) >= 11 is 6.87. The summed E-state index contributed by atoms with van der Waals surface area (Å²) in [5.41, 5.74) is 0.478. The normalized spacial score (nSPS) is 12.2. The minimum atomic E-state index is -2.90. The van der Waals surface area contributed by atoms with Gasteiger partial charge in [-0.2, -0.15) is 8.78 Å². The molecule has 4 nitrogen and oxygen atoms in total. The van der Waals surface area contributed by atoms with Crippen molar-refractivity contribution in [2.75, 3.05) is 6.54 Å². The lowest BCUT2D eigenvalue weighted by molar-refractivity contribution is -0.0498. The van der Waals surface area contributed by atoms with E-state index in [1.165, 1.54) is 24.3 Å². The molecular weight excluding hydrogens is 336 g/mol. The minimum Gasteiger partial charge on any atom is -0.435 e. The lowest BCUT2D eigenvalue weighted by Gasteiger charge is -2.12. The molecule has 0 radical (unpaired) electrons. The smallest absolute Gasteiger partial charge is 0.387 e. The molecule has 0 saturated carbocycles. The second-order valence-corrected chi connectivity index (χ2v) is 5.99. The first-order chi connectivity index (χ1) is 10.5. The standard InChI is InChI=1S/C14H12ClF2NO3S/c15-12-6-5-11(22-12)13(20)18-7-10(19)8-1-3-9(4-2-8)21-14(16)17/h1-6,10,14,19H,7H2,(H,18,20)/t10-/m0/s1. The van der Waals surface area contributed by atoms with Crippen LogP contribution in [0.25, 0.3) is 0 Å². The van der Waals surface area contributed by atoms with E-state index in [4.69, 9.17) is 11.6 Å². The van der Waals surface area contributed by atoms with E-state index >= 15 is 0 Å². The highest BCUT2D eigenvalue weighted by Gasteiger charge is 2.13. The van der Waals surface area contributed by atoms with Crippen LogP contribution < -0.4 is 10.1 Å². The molecule has 0 aliphatic heterocycles. The zero-order valence-electron chi connectivity index (χ0n) is 11.1. The summed E-state index contributed by atoms with van der Waals surface area (Å²) in [6, 6.07) is 8.76. The molecule has 0 spiro atoms. The predicted molar refractivity (Wildman–Crippen MR) is 79.7 cm³/mol. The molecule has 118 valence electrons. The third kappa shape index (κ3) is 4.66. The van der Waals surface area contributed by atoms with Crippen LogP contribution in [0.4, 0.5) is 8.78 Å². The van der Waals surface area contributed by atoms with Gasteiger partial charge in [-0.1, -0.05) is 23.7 Å². The van der Waals surface area contributed by atoms with Gasteiger partial charge >= 0.3 is 6.61 Å². The number of aliphatic hydroxyl groups is 1. The summed E-state index contributed by atoms with van der Waals surface area (Å²) < 4.78 is 28.8. The highest BCUT2D eigenvalue weighted by molar-refractivity contribution is 7.17. The summed E-state index contributed by atoms with van der Waals surface area (Å²) in [5, 5.41) is 12.5. The van der Waals surface area contributed by atoms with Gasteiger partial charge in [0, 0.05) is 6.54 Å². The van der Waals surface area contributed by atoms with Crippen LogP contribution in [0, 0.1) is 0 Å². The summed E-state index contributed by atoms with van der Waals surface area (Å²) in [7, 11) is 0. The lowest BCUT2D eigenvalue weighted by atomic mass is 10.1. The highest BCUT2D eigenvalue weighted by Crippen LogP contribution is 2.22. The molecule has 8 heteroatoms. The van der Waals surface area contributed by atoms with Crippen LogP contribution in [0.5, 0.6) is 5.75 Å². The molecule has 22 heavy (non-hydrogen) atoms. The van der Waals surface area contributed by atoms with Crippen molar-refractivity contribution in [1.82, 2.24) is 5.32 Å². The molecule has 2 aromatic rings. The van der Waals surface area contributed by atoms with Crippen molar-refractivity contribution in [1.29, 1.82) is 0 Å². The average molecular weight is 348 g/mol. The maximum absolute atomic E-state index is 12.0. The molecule has 0 aliphatic rings. The van der Waals surface area contributed by atoms with E-state index in [2.05, 4.69) is 10.1 Å². The molecular formula is C14H12ClF2NO3S. The van der Waals surface area contributed by atoms with Crippen molar-refractivity contribution in [3.63, 3.8) is 0 Å². The van der Waals surface area contributed by atoms with Crippen LogP contribution in [0.2, 0.25) is 4.34 Å². The molecule has 1 amide bonds. The first-order valence-electron chi connectivity index (χ1n) is 6.22. The number of ether oxygens (including phenoxy) is 1. The van der Waals surface area contributed by atoms with Gasteiger partial charge in [0.15, 0.2) is 0 Å². The fourth-order valence-corrected chi connectivity index (χ4v) is 2.66. The Labute approximate surface area is 134 Å². The van der Waals surface area contributed by atoms with Crippen molar-refractivity contribution in [3.8, 4) is 5.75 Å². The summed E-state index contributed by atoms with van der Waals surface area (Å²) in [4.78, 5) is 12.2. The maximum Gasteiger partial charge on any atom is 0.387 e. The minimum absolute atomic E-state index is 0.00298. The van der Waals surface area contributed by atoms with Gasteiger partial charge < -0.3 is 15.2 Å². The second-order valence-electron chi connectivity index (χ2n) is 4.28. The van der Waals surface area contributed by atoms with Gasteiger partial charge in [-0.05, 0) is 29.8 Å². The van der Waals surface area contributed by atoms with Crippen molar-refractivity contribution in [2.45, 2.75) is 12.7 Å². The fourth-order valence-electron chi connectivity index (χ4n) is 1.70. The monoisotopic (exact) mass is 347 g/mol. The number of benzene rings is 1. The molecule has 1 aromatic carbocycles. The molecule has 0 saturated heterocycles. The van der Waals surface area contributed by atoms with E-state index < -0.39 is 12.7 Å². The van der Waals surface area contributed by atoms with Crippen LogP contribution in [0.1, 0.15) is 21.3 Å². The molecule has 0 aliphatic carbocycles. The van der Waals surface area contributed by atoms with Crippen LogP contribution in [-0.2, 0) is 0 Å². The van der Waals surface area contributed by atoms with Gasteiger partial charge in [-0.15, -0.1) is 11.3 Å². The van der Waals surface area contributed by atoms with E-state index in [1.807, 2.05) is 0 Å². The molecule has 1 aromatic heterocycles. The average Bonchev–Trinajstić information content (AvgIpc) is 2.91. The van der Waals surface area contributed by atoms with E-state index in [1.54, 1.807) is 12.1 Å². The van der Waals surface area contributed by atoms with Crippen LogP contribution in [0.15, 0.2) is 36.4 Å². The van der Waals surface area contributed by atoms with Crippen LogP contribution >= 0.6 is 22.9 Å². The number of amides is 1. The molecule has 0 bridgehead atoms. The molecule has 2 rings (SSSR count). The first-order valence-corrected chi connectivity index (χ1v) is 7.41. The number of aliphatic hydroxyl groups excluding tert-OH is 1. The number of carbonyl (C=O) groups excluding carboxylic acids is 1. The van der Waals surface area contributed by atoms with Crippen molar-refractivity contribution < 1.29 is 23.4 Å². The van der Waals surface area contributed by atoms with Crippen molar-refractivity contribution >= 4 is 28.8 Å². The Morgan fingerprint density at radius 3 is 2.50 bits per heavy atom. The summed E-state index contributed by atoms with van der Waals surface area (Å²) in [5.74, 6) is -0.336. The summed E-state index contributed by atoms with van der Waals surface area (Å²) in [6.45, 7) is -2.91. The Morgan fingerprint density at radius 2 is 1.95 bits per heavy atom. The number of carbonyl (C=O) groups is 1. The fraction of sp³-hybridized carbons (Fsp3) is 0.214. The van der Waals surface area contributed by atoms with Crippen molar-refractivity contribution in [2.24, 2.45) is 0 Å². The zero-order chi connectivity index (χ0) is 16.1. The van der Waals surface area contributed by atoms with E-state index in [0.29, 0.717) is 14.8 Å². The maximum atomic E-state index is 12.0. The molecule has 0 fully saturated rings. The van der Waals surface area contributed by atoms with Gasteiger partial charge in [0.1, 0.15) is 5.75 Å². The number of hydrogen-bond donors (Lipinski definition) is 2. The van der Waals surface area contributed by atoms with Gasteiger partial charge in [0.25, 0.3) is 5.91 Å². The van der Waals surface area contributed by atoms with Gasteiger partial charge in [-0.3, -0.25) is 4.79 Å². The molecule has 1 heterocycles. The highest BCUT2D eigenvalue weighted by atomic mass is 35.5. The first kappa shape index (κ1) is 16.7. The number of halogens is 3. The number of thiophene rings is 1. The molecule has 1 atom stereocenters. The Morgan fingerprint density at radius 1 is 1.27 bits per heavy atom. The molecule has 0 unspecified atom stereocenters. The van der Waals surface area contributed by atoms with Crippen LogP contribution in [0.3, 0.4) is 0 Å². The lowest BCUT2D eigenvalue weighted by Crippen LogP contribution is -2.27. The third-order valence-electron chi connectivity index (χ3n) is 2.74. The summed E-state index contributed by atoms with van der Waals surface area (Å²) in [6.07, 6.45) is -0.958. The predicted octanol–water partition coefficient (Wildman–Crippen LogP) is 3.47. The number of alkyl halides is 2. The Bertz CT molecular complexity index is 633. The van der Waals surface area contributed by atoms with Gasteiger partial charge in [0.2, 0.25) is 0 Å². The topological polar surface area (TPSA) is 58.6 Å². The van der Waals surface area contributed by atoms with E-state index in [0.717, 1.165) is 11.3 Å². The van der Waals surface area contributed by atoms with Crippen molar-refractivity contribution in [3.05, 3.63) is 51.2 Å².